The highest BCUT2D eigenvalue weighted by molar-refractivity contribution is 7.80. The standard InChI is InChI=1S/C12H17NS/c1-9-6-7-11(10(2)8-9)4-3-5-12(13)14/h6-8H,3-5H2,1-2H3,(H2,13,14). The molecule has 1 nitrogen and oxygen atoms in total. The summed E-state index contributed by atoms with van der Waals surface area (Å²) < 4.78 is 0. The number of aryl methyl sites for hydroxylation is 3. The maximum atomic E-state index is 5.45. The Kier molecular flexibility index (Phi) is 4.08. The van der Waals surface area contributed by atoms with E-state index in [1.807, 2.05) is 0 Å². The van der Waals surface area contributed by atoms with Gasteiger partial charge in [0.05, 0.1) is 4.99 Å². The maximum absolute atomic E-state index is 5.45. The zero-order valence-electron chi connectivity index (χ0n) is 8.84. The first-order valence-corrected chi connectivity index (χ1v) is 5.35. The van der Waals surface area contributed by atoms with Crippen molar-refractivity contribution in [2.45, 2.75) is 33.1 Å². The second kappa shape index (κ2) is 5.11. The largest absolute Gasteiger partial charge is 0.393 e. The number of benzene rings is 1. The van der Waals surface area contributed by atoms with E-state index in [1.54, 1.807) is 0 Å². The van der Waals surface area contributed by atoms with Crippen LogP contribution in [0.4, 0.5) is 0 Å². The van der Waals surface area contributed by atoms with E-state index in [-0.39, 0.29) is 0 Å². The van der Waals surface area contributed by atoms with Crippen molar-refractivity contribution in [1.29, 1.82) is 0 Å². The SMILES string of the molecule is Cc1ccc(CCCC(N)=S)c(C)c1. The molecule has 1 aromatic carbocycles. The third kappa shape index (κ3) is 3.46. The molecular formula is C12H17NS. The highest BCUT2D eigenvalue weighted by atomic mass is 32.1. The topological polar surface area (TPSA) is 26.0 Å². The van der Waals surface area contributed by atoms with Crippen LogP contribution < -0.4 is 5.73 Å². The lowest BCUT2D eigenvalue weighted by Gasteiger charge is -2.06. The van der Waals surface area contributed by atoms with Crippen LogP contribution in [0.15, 0.2) is 18.2 Å². The van der Waals surface area contributed by atoms with Gasteiger partial charge in [-0.25, -0.2) is 0 Å². The second-order valence-corrected chi connectivity index (χ2v) is 4.27. The quantitative estimate of drug-likeness (QED) is 0.768. The fourth-order valence-corrected chi connectivity index (χ4v) is 1.72. The number of nitrogens with two attached hydrogens (primary N) is 1. The molecule has 0 amide bonds. The van der Waals surface area contributed by atoms with E-state index in [9.17, 15) is 0 Å². The number of rotatable bonds is 4. The molecule has 0 spiro atoms. The zero-order chi connectivity index (χ0) is 10.6. The minimum Gasteiger partial charge on any atom is -0.393 e. The van der Waals surface area contributed by atoms with Gasteiger partial charge in [0.1, 0.15) is 0 Å². The van der Waals surface area contributed by atoms with Crippen molar-refractivity contribution >= 4 is 17.2 Å². The molecule has 0 bridgehead atoms. The molecule has 0 saturated heterocycles. The van der Waals surface area contributed by atoms with Gasteiger partial charge in [0.2, 0.25) is 0 Å². The van der Waals surface area contributed by atoms with Gasteiger partial charge in [-0.3, -0.25) is 0 Å². The summed E-state index contributed by atoms with van der Waals surface area (Å²) in [4.78, 5) is 0.620. The average Bonchev–Trinajstić information content (AvgIpc) is 2.08. The van der Waals surface area contributed by atoms with E-state index in [2.05, 4.69) is 32.0 Å². The van der Waals surface area contributed by atoms with Gasteiger partial charge in [0.15, 0.2) is 0 Å². The van der Waals surface area contributed by atoms with E-state index in [4.69, 9.17) is 18.0 Å². The summed E-state index contributed by atoms with van der Waals surface area (Å²) in [5.41, 5.74) is 9.55. The summed E-state index contributed by atoms with van der Waals surface area (Å²) in [6, 6.07) is 6.57. The van der Waals surface area contributed by atoms with Gasteiger partial charge in [-0.1, -0.05) is 36.0 Å². The average molecular weight is 207 g/mol. The highest BCUT2D eigenvalue weighted by Gasteiger charge is 1.98. The molecule has 76 valence electrons. The summed E-state index contributed by atoms with van der Waals surface area (Å²) in [6.07, 6.45) is 2.98. The molecule has 0 heterocycles. The summed E-state index contributed by atoms with van der Waals surface area (Å²) in [5, 5.41) is 0. The minimum absolute atomic E-state index is 0.620. The second-order valence-electron chi connectivity index (χ2n) is 3.75. The molecule has 2 N–H and O–H groups in total. The predicted molar refractivity (Wildman–Crippen MR) is 65.6 cm³/mol. The Bertz CT molecular complexity index is 331. The normalized spacial score (nSPS) is 10.1. The minimum atomic E-state index is 0.620. The summed E-state index contributed by atoms with van der Waals surface area (Å²) >= 11 is 4.84. The smallest absolute Gasteiger partial charge is 0.0727 e. The van der Waals surface area contributed by atoms with Gasteiger partial charge in [-0.15, -0.1) is 0 Å². The van der Waals surface area contributed by atoms with Crippen LogP contribution >= 0.6 is 12.2 Å². The molecule has 0 fully saturated rings. The van der Waals surface area contributed by atoms with Crippen molar-refractivity contribution in [2.24, 2.45) is 5.73 Å². The van der Waals surface area contributed by atoms with E-state index < -0.39 is 0 Å². The van der Waals surface area contributed by atoms with Gasteiger partial charge in [0, 0.05) is 0 Å². The number of hydrogen-bond acceptors (Lipinski definition) is 1. The van der Waals surface area contributed by atoms with Gasteiger partial charge in [0.25, 0.3) is 0 Å². The number of hydrogen-bond donors (Lipinski definition) is 1. The van der Waals surface area contributed by atoms with Crippen LogP contribution in [0, 0.1) is 13.8 Å². The third-order valence-corrected chi connectivity index (χ3v) is 2.57. The Morgan fingerprint density at radius 1 is 1.36 bits per heavy atom. The van der Waals surface area contributed by atoms with Crippen LogP contribution in [-0.2, 0) is 6.42 Å². The zero-order valence-corrected chi connectivity index (χ0v) is 9.66. The maximum Gasteiger partial charge on any atom is 0.0727 e. The Morgan fingerprint density at radius 2 is 2.07 bits per heavy atom. The van der Waals surface area contributed by atoms with Crippen molar-refractivity contribution in [2.75, 3.05) is 0 Å². The van der Waals surface area contributed by atoms with Crippen LogP contribution in [-0.4, -0.2) is 4.99 Å². The molecular weight excluding hydrogens is 190 g/mol. The summed E-state index contributed by atoms with van der Waals surface area (Å²) in [6.45, 7) is 4.27. The lowest BCUT2D eigenvalue weighted by molar-refractivity contribution is 0.861. The predicted octanol–water partition coefficient (Wildman–Crippen LogP) is 2.91. The summed E-state index contributed by atoms with van der Waals surface area (Å²) in [5.74, 6) is 0. The van der Waals surface area contributed by atoms with E-state index in [0.717, 1.165) is 19.3 Å². The Balaban J connectivity index is 2.55. The molecule has 0 aliphatic rings. The molecule has 0 radical (unpaired) electrons. The van der Waals surface area contributed by atoms with Crippen molar-refractivity contribution in [3.05, 3.63) is 34.9 Å². The molecule has 2 heteroatoms. The van der Waals surface area contributed by atoms with E-state index in [0.29, 0.717) is 4.99 Å². The highest BCUT2D eigenvalue weighted by Crippen LogP contribution is 2.13. The molecule has 0 aliphatic carbocycles. The Labute approximate surface area is 91.3 Å². The molecule has 1 aromatic rings. The Hall–Kier alpha value is -0.890. The first-order valence-electron chi connectivity index (χ1n) is 4.94. The van der Waals surface area contributed by atoms with E-state index >= 15 is 0 Å². The van der Waals surface area contributed by atoms with Crippen LogP contribution in [0.2, 0.25) is 0 Å². The molecule has 1 rings (SSSR count). The Morgan fingerprint density at radius 3 is 2.64 bits per heavy atom. The molecule has 0 aliphatic heterocycles. The van der Waals surface area contributed by atoms with Crippen molar-refractivity contribution in [3.8, 4) is 0 Å². The lowest BCUT2D eigenvalue weighted by Crippen LogP contribution is -2.07. The molecule has 0 aromatic heterocycles. The fraction of sp³-hybridized carbons (Fsp3) is 0.417. The van der Waals surface area contributed by atoms with Gasteiger partial charge in [-0.2, -0.15) is 0 Å². The van der Waals surface area contributed by atoms with Crippen molar-refractivity contribution in [3.63, 3.8) is 0 Å². The van der Waals surface area contributed by atoms with Gasteiger partial charge < -0.3 is 5.73 Å². The summed E-state index contributed by atoms with van der Waals surface area (Å²) in [7, 11) is 0. The van der Waals surface area contributed by atoms with Crippen LogP contribution in [0.25, 0.3) is 0 Å². The first kappa shape index (κ1) is 11.2. The van der Waals surface area contributed by atoms with Crippen LogP contribution in [0.3, 0.4) is 0 Å². The van der Waals surface area contributed by atoms with Gasteiger partial charge >= 0.3 is 0 Å². The van der Waals surface area contributed by atoms with Crippen molar-refractivity contribution < 1.29 is 0 Å². The van der Waals surface area contributed by atoms with E-state index in [1.165, 1.54) is 16.7 Å². The third-order valence-electron chi connectivity index (χ3n) is 2.37. The molecule has 0 atom stereocenters. The molecule has 0 saturated carbocycles. The first-order chi connectivity index (χ1) is 6.59. The van der Waals surface area contributed by atoms with Crippen LogP contribution in [0.1, 0.15) is 29.5 Å². The van der Waals surface area contributed by atoms with Crippen LogP contribution in [0.5, 0.6) is 0 Å². The molecule has 0 unspecified atom stereocenters. The van der Waals surface area contributed by atoms with Crippen molar-refractivity contribution in [1.82, 2.24) is 0 Å². The van der Waals surface area contributed by atoms with Gasteiger partial charge in [-0.05, 0) is 44.2 Å². The lowest BCUT2D eigenvalue weighted by atomic mass is 10.0. The molecule has 14 heavy (non-hydrogen) atoms. The number of thiocarbonyl (C=S) groups is 1. The monoisotopic (exact) mass is 207 g/mol. The fourth-order valence-electron chi connectivity index (χ4n) is 1.58.